The molecular formula is C15H22BrNO3. The van der Waals surface area contributed by atoms with E-state index in [1.165, 1.54) is 7.11 Å². The molecule has 1 aromatic carbocycles. The average molecular weight is 344 g/mol. The Morgan fingerprint density at radius 1 is 1.45 bits per heavy atom. The number of methoxy groups -OCH3 is 1. The van der Waals surface area contributed by atoms with Crippen molar-refractivity contribution in [1.29, 1.82) is 0 Å². The van der Waals surface area contributed by atoms with E-state index in [1.54, 1.807) is 0 Å². The number of ether oxygens (including phenoxy) is 2. The number of nitrogens with one attached hydrogen (secondary N) is 1. The summed E-state index contributed by atoms with van der Waals surface area (Å²) in [6, 6.07) is 6.24. The zero-order valence-corrected chi connectivity index (χ0v) is 13.8. The van der Waals surface area contributed by atoms with Gasteiger partial charge in [-0.15, -0.1) is 0 Å². The van der Waals surface area contributed by atoms with E-state index in [0.717, 1.165) is 22.3 Å². The normalized spacial score (nSPS) is 12.0. The summed E-state index contributed by atoms with van der Waals surface area (Å²) in [5.74, 6) is 0.641. The van der Waals surface area contributed by atoms with Crippen molar-refractivity contribution >= 4 is 21.9 Å². The van der Waals surface area contributed by atoms with Crippen LogP contribution in [0, 0.1) is 0 Å². The van der Waals surface area contributed by atoms with Crippen LogP contribution in [0.5, 0.6) is 5.75 Å². The molecule has 1 unspecified atom stereocenters. The van der Waals surface area contributed by atoms with E-state index in [0.29, 0.717) is 19.4 Å². The van der Waals surface area contributed by atoms with Gasteiger partial charge in [0, 0.05) is 22.5 Å². The molecule has 1 N–H and O–H groups in total. The van der Waals surface area contributed by atoms with Gasteiger partial charge in [-0.1, -0.05) is 28.9 Å². The van der Waals surface area contributed by atoms with Crippen molar-refractivity contribution in [2.75, 3.05) is 20.3 Å². The lowest BCUT2D eigenvalue weighted by molar-refractivity contribution is -0.140. The molecule has 0 aliphatic rings. The minimum atomic E-state index is -0.205. The highest BCUT2D eigenvalue weighted by Gasteiger charge is 2.11. The van der Waals surface area contributed by atoms with Crippen LogP contribution in [0.2, 0.25) is 0 Å². The third-order valence-electron chi connectivity index (χ3n) is 2.96. The van der Waals surface area contributed by atoms with E-state index in [2.05, 4.69) is 39.8 Å². The molecule has 1 rings (SSSR count). The van der Waals surface area contributed by atoms with Gasteiger partial charge >= 0.3 is 5.97 Å². The van der Waals surface area contributed by atoms with Gasteiger partial charge in [0.05, 0.1) is 13.7 Å². The Morgan fingerprint density at radius 2 is 2.20 bits per heavy atom. The van der Waals surface area contributed by atoms with Crippen LogP contribution in [0.15, 0.2) is 22.7 Å². The molecule has 0 bridgehead atoms. The van der Waals surface area contributed by atoms with E-state index in [9.17, 15) is 4.79 Å². The zero-order chi connectivity index (χ0) is 15.0. The molecule has 0 radical (unpaired) electrons. The van der Waals surface area contributed by atoms with E-state index in [1.807, 2.05) is 18.2 Å². The summed E-state index contributed by atoms with van der Waals surface area (Å²) in [6.07, 6.45) is 1.02. The zero-order valence-electron chi connectivity index (χ0n) is 12.2. The predicted octanol–water partition coefficient (Wildman–Crippen LogP) is 3.45. The molecule has 0 saturated carbocycles. The Morgan fingerprint density at radius 3 is 2.85 bits per heavy atom. The second-order valence-electron chi connectivity index (χ2n) is 4.49. The molecule has 5 heteroatoms. The van der Waals surface area contributed by atoms with Crippen molar-refractivity contribution in [2.45, 2.75) is 32.7 Å². The molecule has 0 heterocycles. The summed E-state index contributed by atoms with van der Waals surface area (Å²) < 4.78 is 11.4. The van der Waals surface area contributed by atoms with Gasteiger partial charge < -0.3 is 14.8 Å². The monoisotopic (exact) mass is 343 g/mol. The molecule has 112 valence electrons. The molecule has 4 nitrogen and oxygen atoms in total. The number of halogens is 1. The molecule has 1 aromatic rings. The first-order valence-electron chi connectivity index (χ1n) is 6.81. The number of rotatable bonds is 8. The second kappa shape index (κ2) is 8.97. The Kier molecular flexibility index (Phi) is 7.62. The number of hydrogen-bond donors (Lipinski definition) is 1. The third-order valence-corrected chi connectivity index (χ3v) is 3.46. The lowest BCUT2D eigenvalue weighted by Crippen LogP contribution is -2.18. The van der Waals surface area contributed by atoms with Crippen molar-refractivity contribution in [3.63, 3.8) is 0 Å². The first kappa shape index (κ1) is 17.0. The number of carbonyl (C=O) groups is 1. The van der Waals surface area contributed by atoms with Gasteiger partial charge in [0.15, 0.2) is 0 Å². The molecular weight excluding hydrogens is 322 g/mol. The van der Waals surface area contributed by atoms with Crippen LogP contribution in [0.25, 0.3) is 0 Å². The van der Waals surface area contributed by atoms with Crippen molar-refractivity contribution < 1.29 is 14.3 Å². The Labute approximate surface area is 129 Å². The fourth-order valence-electron chi connectivity index (χ4n) is 1.91. The van der Waals surface area contributed by atoms with E-state index >= 15 is 0 Å². The van der Waals surface area contributed by atoms with E-state index < -0.39 is 0 Å². The summed E-state index contributed by atoms with van der Waals surface area (Å²) in [7, 11) is 1.40. The average Bonchev–Trinajstić information content (AvgIpc) is 2.43. The maximum absolute atomic E-state index is 11.0. The quantitative estimate of drug-likeness (QED) is 0.580. The first-order valence-corrected chi connectivity index (χ1v) is 7.60. The van der Waals surface area contributed by atoms with Crippen LogP contribution in [-0.4, -0.2) is 26.2 Å². The van der Waals surface area contributed by atoms with E-state index in [4.69, 9.17) is 4.74 Å². The number of esters is 1. The summed E-state index contributed by atoms with van der Waals surface area (Å²) in [4.78, 5) is 11.0. The molecule has 0 aliphatic heterocycles. The van der Waals surface area contributed by atoms with Crippen molar-refractivity contribution in [3.05, 3.63) is 28.2 Å². The summed E-state index contributed by atoms with van der Waals surface area (Å²) >= 11 is 3.45. The molecule has 0 amide bonds. The molecule has 0 saturated heterocycles. The summed E-state index contributed by atoms with van der Waals surface area (Å²) in [6.45, 7) is 5.58. The van der Waals surface area contributed by atoms with Gasteiger partial charge in [0.1, 0.15) is 5.75 Å². The van der Waals surface area contributed by atoms with Crippen LogP contribution in [0.4, 0.5) is 0 Å². The topological polar surface area (TPSA) is 47.6 Å². The van der Waals surface area contributed by atoms with Crippen LogP contribution < -0.4 is 10.1 Å². The van der Waals surface area contributed by atoms with Crippen molar-refractivity contribution in [3.8, 4) is 5.75 Å². The maximum atomic E-state index is 11.0. The van der Waals surface area contributed by atoms with E-state index in [-0.39, 0.29) is 12.0 Å². The van der Waals surface area contributed by atoms with Crippen LogP contribution >= 0.6 is 15.9 Å². The second-order valence-corrected chi connectivity index (χ2v) is 5.41. The van der Waals surface area contributed by atoms with Crippen LogP contribution in [-0.2, 0) is 9.53 Å². The van der Waals surface area contributed by atoms with Gasteiger partial charge in [0.2, 0.25) is 0 Å². The fraction of sp³-hybridized carbons (Fsp3) is 0.533. The lowest BCUT2D eigenvalue weighted by atomic mass is 10.1. The van der Waals surface area contributed by atoms with Gasteiger partial charge in [-0.2, -0.15) is 0 Å². The maximum Gasteiger partial charge on any atom is 0.305 e. The fourth-order valence-corrected chi connectivity index (χ4v) is 2.25. The Balaban J connectivity index is 2.62. The SMILES string of the molecule is CCNC(C)c1ccc(Br)cc1OCCCC(=O)OC. The largest absolute Gasteiger partial charge is 0.493 e. The van der Waals surface area contributed by atoms with Crippen LogP contribution in [0.1, 0.15) is 38.3 Å². The minimum absolute atomic E-state index is 0.205. The van der Waals surface area contributed by atoms with Crippen molar-refractivity contribution in [1.82, 2.24) is 5.32 Å². The lowest BCUT2D eigenvalue weighted by Gasteiger charge is -2.18. The highest BCUT2D eigenvalue weighted by atomic mass is 79.9. The standard InChI is InChI=1S/C15H22BrNO3/c1-4-17-11(2)13-8-7-12(16)10-14(13)20-9-5-6-15(18)19-3/h7-8,10-11,17H,4-6,9H2,1-3H3. The highest BCUT2D eigenvalue weighted by Crippen LogP contribution is 2.28. The molecule has 20 heavy (non-hydrogen) atoms. The third kappa shape index (κ3) is 5.51. The number of hydrogen-bond acceptors (Lipinski definition) is 4. The van der Waals surface area contributed by atoms with Crippen molar-refractivity contribution in [2.24, 2.45) is 0 Å². The first-order chi connectivity index (χ1) is 9.58. The molecule has 0 aliphatic carbocycles. The Bertz CT molecular complexity index is 437. The van der Waals surface area contributed by atoms with Gasteiger partial charge in [-0.3, -0.25) is 4.79 Å². The molecule has 0 spiro atoms. The van der Waals surface area contributed by atoms with Gasteiger partial charge in [-0.25, -0.2) is 0 Å². The van der Waals surface area contributed by atoms with Gasteiger partial charge in [-0.05, 0) is 32.0 Å². The summed E-state index contributed by atoms with van der Waals surface area (Å²) in [5, 5.41) is 3.37. The highest BCUT2D eigenvalue weighted by molar-refractivity contribution is 9.10. The number of carbonyl (C=O) groups excluding carboxylic acids is 1. The smallest absolute Gasteiger partial charge is 0.305 e. The number of benzene rings is 1. The molecule has 0 aromatic heterocycles. The van der Waals surface area contributed by atoms with Crippen LogP contribution in [0.3, 0.4) is 0 Å². The molecule has 0 fully saturated rings. The molecule has 1 atom stereocenters. The summed E-state index contributed by atoms with van der Waals surface area (Å²) in [5.41, 5.74) is 1.12. The predicted molar refractivity (Wildman–Crippen MR) is 83.0 cm³/mol. The Hall–Kier alpha value is -1.07. The minimum Gasteiger partial charge on any atom is -0.493 e. The van der Waals surface area contributed by atoms with Gasteiger partial charge in [0.25, 0.3) is 0 Å².